The minimum Gasteiger partial charge on any atom is -0.493 e. The van der Waals surface area contributed by atoms with Crippen LogP contribution in [0, 0.1) is 0 Å². The van der Waals surface area contributed by atoms with E-state index in [4.69, 9.17) is 19.0 Å². The number of carbonyl (C=O) groups excluding carboxylic acids is 2. The fourth-order valence-electron chi connectivity index (χ4n) is 2.54. The summed E-state index contributed by atoms with van der Waals surface area (Å²) in [6.07, 6.45) is 2.71. The number of carbonyl (C=O) groups is 2. The minimum atomic E-state index is 0.433. The Balaban J connectivity index is 0.00000114. The van der Waals surface area contributed by atoms with Crippen LogP contribution in [0.1, 0.15) is 19.4 Å². The molecule has 2 rings (SSSR count). The molecule has 144 valence electrons. The Labute approximate surface area is 160 Å². The molecule has 0 saturated carbocycles. The number of rotatable bonds is 7. The van der Waals surface area contributed by atoms with E-state index in [9.17, 15) is 4.79 Å². The van der Waals surface area contributed by atoms with Gasteiger partial charge in [0.15, 0.2) is 11.5 Å². The molecule has 0 bridgehead atoms. The molecule has 27 heavy (non-hydrogen) atoms. The number of para-hydroxylation sites is 1. The number of methoxy groups -OCH3 is 2. The Morgan fingerprint density at radius 1 is 0.926 bits per heavy atom. The van der Waals surface area contributed by atoms with Crippen LogP contribution in [0.4, 0.5) is 5.69 Å². The molecule has 0 aliphatic carbocycles. The maximum atomic E-state index is 10.7. The van der Waals surface area contributed by atoms with Gasteiger partial charge in [0.05, 0.1) is 14.2 Å². The van der Waals surface area contributed by atoms with Gasteiger partial charge in [-0.1, -0.05) is 18.2 Å². The van der Waals surface area contributed by atoms with E-state index < -0.39 is 0 Å². The number of hydrogen-bond donors (Lipinski definition) is 0. The average Bonchev–Trinajstić information content (AvgIpc) is 2.70. The van der Waals surface area contributed by atoms with Crippen LogP contribution in [0.3, 0.4) is 0 Å². The number of nitrogens with zero attached hydrogens (tertiary/aromatic N) is 1. The predicted octanol–water partition coefficient (Wildman–Crippen LogP) is 3.94. The summed E-state index contributed by atoms with van der Waals surface area (Å²) >= 11 is 0. The molecule has 0 aromatic heterocycles. The highest BCUT2D eigenvalue weighted by Crippen LogP contribution is 2.35. The normalized spacial score (nSPS) is 10.2. The van der Waals surface area contributed by atoms with Gasteiger partial charge in [-0.25, -0.2) is 0 Å². The maximum Gasteiger partial charge on any atom is 0.298 e. The number of ether oxygens (including phenoxy) is 3. The van der Waals surface area contributed by atoms with Gasteiger partial charge >= 0.3 is 0 Å². The van der Waals surface area contributed by atoms with E-state index in [0.29, 0.717) is 23.7 Å². The first-order valence-corrected chi connectivity index (χ1v) is 8.29. The second kappa shape index (κ2) is 11.4. The van der Waals surface area contributed by atoms with Crippen molar-refractivity contribution >= 4 is 24.1 Å². The molecule has 0 saturated heterocycles. The first kappa shape index (κ1) is 21.8. The van der Waals surface area contributed by atoms with Crippen LogP contribution in [0.15, 0.2) is 48.5 Å². The van der Waals surface area contributed by atoms with E-state index >= 15 is 0 Å². The maximum absolute atomic E-state index is 10.7. The Bertz CT molecular complexity index is 786. The Morgan fingerprint density at radius 3 is 2.11 bits per heavy atom. The summed E-state index contributed by atoms with van der Waals surface area (Å²) in [5, 5.41) is 0. The van der Waals surface area contributed by atoms with E-state index in [0.717, 1.165) is 23.2 Å². The van der Waals surface area contributed by atoms with E-state index in [-0.39, 0.29) is 0 Å². The van der Waals surface area contributed by atoms with Gasteiger partial charge in [-0.15, -0.1) is 0 Å². The first-order chi connectivity index (χ1) is 13.1. The van der Waals surface area contributed by atoms with Crippen molar-refractivity contribution in [1.29, 1.82) is 0 Å². The highest BCUT2D eigenvalue weighted by atomic mass is 16.5. The highest BCUT2D eigenvalue weighted by Gasteiger charge is 2.15. The second-order valence-corrected chi connectivity index (χ2v) is 5.22. The lowest BCUT2D eigenvalue weighted by Gasteiger charge is -2.25. The molecule has 0 aliphatic heterocycles. The summed E-state index contributed by atoms with van der Waals surface area (Å²) in [4.78, 5) is 21.5. The SMILES string of the molecule is C/C=C(\c1ccccc1OC=O)N(C)c1ccc(OC)c(OC)c1.CC=O. The Hall–Kier alpha value is -3.28. The lowest BCUT2D eigenvalue weighted by Crippen LogP contribution is -2.16. The molecule has 0 radical (unpaired) electrons. The van der Waals surface area contributed by atoms with Crippen LogP contribution >= 0.6 is 0 Å². The molecule has 0 N–H and O–H groups in total. The predicted molar refractivity (Wildman–Crippen MR) is 106 cm³/mol. The van der Waals surface area contributed by atoms with E-state index in [1.165, 1.54) is 6.92 Å². The van der Waals surface area contributed by atoms with Gasteiger partial charge in [-0.05, 0) is 38.1 Å². The number of hydrogen-bond acceptors (Lipinski definition) is 6. The molecule has 2 aromatic carbocycles. The minimum absolute atomic E-state index is 0.433. The molecule has 0 fully saturated rings. The quantitative estimate of drug-likeness (QED) is 0.687. The van der Waals surface area contributed by atoms with Crippen LogP contribution in [0.2, 0.25) is 0 Å². The molecule has 2 aromatic rings. The van der Waals surface area contributed by atoms with Gasteiger partial charge in [-0.3, -0.25) is 4.79 Å². The number of anilines is 1. The van der Waals surface area contributed by atoms with E-state index in [2.05, 4.69) is 0 Å². The summed E-state index contributed by atoms with van der Waals surface area (Å²) in [5.74, 6) is 1.82. The third-order valence-corrected chi connectivity index (χ3v) is 3.73. The van der Waals surface area contributed by atoms with Crippen molar-refractivity contribution in [3.63, 3.8) is 0 Å². The van der Waals surface area contributed by atoms with Gasteiger partial charge in [0.1, 0.15) is 12.0 Å². The molecule has 0 spiro atoms. The third kappa shape index (κ3) is 5.60. The standard InChI is InChI=1S/C19H21NO4.C2H4O/c1-5-16(15-8-6-7-9-17(15)24-13-21)20(2)14-10-11-18(22-3)19(12-14)23-4;1-2-3/h5-13H,1-4H3;2H,1H3/b16-5+;. The molecule has 6 nitrogen and oxygen atoms in total. The van der Waals surface area contributed by atoms with Crippen molar-refractivity contribution in [3.05, 3.63) is 54.1 Å². The fraction of sp³-hybridized carbons (Fsp3) is 0.238. The molecular weight excluding hydrogens is 346 g/mol. The van der Waals surface area contributed by atoms with Crippen LogP contribution in [0.25, 0.3) is 5.70 Å². The topological polar surface area (TPSA) is 65.1 Å². The lowest BCUT2D eigenvalue weighted by atomic mass is 10.1. The summed E-state index contributed by atoms with van der Waals surface area (Å²) in [5.41, 5.74) is 2.64. The monoisotopic (exact) mass is 371 g/mol. The van der Waals surface area contributed by atoms with Gasteiger partial charge in [0, 0.05) is 30.1 Å². The van der Waals surface area contributed by atoms with Gasteiger partial charge < -0.3 is 23.9 Å². The van der Waals surface area contributed by atoms with Crippen molar-refractivity contribution in [3.8, 4) is 17.2 Å². The van der Waals surface area contributed by atoms with Crippen molar-refractivity contribution < 1.29 is 23.8 Å². The van der Waals surface area contributed by atoms with Crippen molar-refractivity contribution in [1.82, 2.24) is 0 Å². The third-order valence-electron chi connectivity index (χ3n) is 3.73. The van der Waals surface area contributed by atoms with Gasteiger partial charge in [0.25, 0.3) is 6.47 Å². The summed E-state index contributed by atoms with van der Waals surface area (Å²) in [6, 6.07) is 13.1. The Morgan fingerprint density at radius 2 is 1.56 bits per heavy atom. The lowest BCUT2D eigenvalue weighted by molar-refractivity contribution is -0.120. The molecular formula is C21H25NO5. The summed E-state index contributed by atoms with van der Waals surface area (Å²) < 4.78 is 15.7. The van der Waals surface area contributed by atoms with Crippen LogP contribution in [-0.2, 0) is 9.59 Å². The van der Waals surface area contributed by atoms with E-state index in [1.807, 2.05) is 61.3 Å². The zero-order chi connectivity index (χ0) is 20.2. The van der Waals surface area contributed by atoms with Crippen molar-refractivity contribution in [2.75, 3.05) is 26.2 Å². The number of allylic oxidation sites excluding steroid dienone is 1. The number of benzene rings is 2. The molecule has 0 unspecified atom stereocenters. The van der Waals surface area contributed by atoms with Crippen molar-refractivity contribution in [2.24, 2.45) is 0 Å². The first-order valence-electron chi connectivity index (χ1n) is 8.29. The smallest absolute Gasteiger partial charge is 0.298 e. The molecule has 0 atom stereocenters. The Kier molecular flexibility index (Phi) is 9.15. The van der Waals surface area contributed by atoms with Gasteiger partial charge in [-0.2, -0.15) is 0 Å². The number of aldehydes is 1. The molecule has 0 amide bonds. The zero-order valence-corrected chi connectivity index (χ0v) is 16.3. The van der Waals surface area contributed by atoms with Crippen LogP contribution in [0.5, 0.6) is 17.2 Å². The van der Waals surface area contributed by atoms with Crippen LogP contribution < -0.4 is 19.1 Å². The van der Waals surface area contributed by atoms with Crippen molar-refractivity contribution in [2.45, 2.75) is 13.8 Å². The molecule has 0 aliphatic rings. The molecule has 6 heteroatoms. The largest absolute Gasteiger partial charge is 0.493 e. The fourth-order valence-corrected chi connectivity index (χ4v) is 2.54. The highest BCUT2D eigenvalue weighted by molar-refractivity contribution is 5.82. The summed E-state index contributed by atoms with van der Waals surface area (Å²) in [6.45, 7) is 3.81. The van der Waals surface area contributed by atoms with E-state index in [1.54, 1.807) is 20.3 Å². The van der Waals surface area contributed by atoms with Crippen LogP contribution in [-0.4, -0.2) is 34.0 Å². The zero-order valence-electron chi connectivity index (χ0n) is 16.3. The second-order valence-electron chi connectivity index (χ2n) is 5.22. The average molecular weight is 371 g/mol. The van der Waals surface area contributed by atoms with Gasteiger partial charge in [0.2, 0.25) is 0 Å². The molecule has 0 heterocycles. The summed E-state index contributed by atoms with van der Waals surface area (Å²) in [7, 11) is 5.14.